The Hall–Kier alpha value is -1.90. The van der Waals surface area contributed by atoms with E-state index in [-0.39, 0.29) is 5.82 Å². The SMILES string of the molecule is Cc1ccc(F)cc1Cc1ccnc(N)c1. The number of nitrogens with zero attached hydrogens (tertiary/aromatic N) is 1. The molecule has 2 nitrogen and oxygen atoms in total. The molecule has 0 saturated carbocycles. The Bertz CT molecular complexity index is 509. The van der Waals surface area contributed by atoms with E-state index in [1.54, 1.807) is 18.3 Å². The summed E-state index contributed by atoms with van der Waals surface area (Å²) in [5, 5.41) is 0. The van der Waals surface area contributed by atoms with Crippen molar-refractivity contribution in [3.63, 3.8) is 0 Å². The fourth-order valence-electron chi connectivity index (χ4n) is 1.65. The molecule has 1 heterocycles. The molecular formula is C13H13FN2. The predicted molar refractivity (Wildman–Crippen MR) is 62.6 cm³/mol. The van der Waals surface area contributed by atoms with Gasteiger partial charge in [0.2, 0.25) is 0 Å². The number of rotatable bonds is 2. The largest absolute Gasteiger partial charge is 0.384 e. The molecule has 0 unspecified atom stereocenters. The number of anilines is 1. The van der Waals surface area contributed by atoms with Crippen molar-refractivity contribution in [2.24, 2.45) is 0 Å². The summed E-state index contributed by atoms with van der Waals surface area (Å²) >= 11 is 0. The normalized spacial score (nSPS) is 10.4. The minimum Gasteiger partial charge on any atom is -0.384 e. The standard InChI is InChI=1S/C13H13FN2/c1-9-2-3-12(14)8-11(9)6-10-4-5-16-13(15)7-10/h2-5,7-8H,6H2,1H3,(H2,15,16). The van der Waals surface area contributed by atoms with Crippen LogP contribution in [0.4, 0.5) is 10.2 Å². The summed E-state index contributed by atoms with van der Waals surface area (Å²) in [5.41, 5.74) is 8.70. The molecule has 0 aliphatic rings. The Morgan fingerprint density at radius 3 is 2.81 bits per heavy atom. The van der Waals surface area contributed by atoms with E-state index in [9.17, 15) is 4.39 Å². The average molecular weight is 216 g/mol. The van der Waals surface area contributed by atoms with Crippen LogP contribution in [0, 0.1) is 12.7 Å². The van der Waals surface area contributed by atoms with Crippen molar-refractivity contribution in [2.45, 2.75) is 13.3 Å². The number of benzene rings is 1. The summed E-state index contributed by atoms with van der Waals surface area (Å²) in [5.74, 6) is 0.286. The Balaban J connectivity index is 2.30. The van der Waals surface area contributed by atoms with Crippen molar-refractivity contribution in [2.75, 3.05) is 5.73 Å². The van der Waals surface area contributed by atoms with Crippen LogP contribution in [-0.2, 0) is 6.42 Å². The lowest BCUT2D eigenvalue weighted by atomic mass is 10.0. The fraction of sp³-hybridized carbons (Fsp3) is 0.154. The molecule has 0 radical (unpaired) electrons. The summed E-state index contributed by atoms with van der Waals surface area (Å²) in [7, 11) is 0. The van der Waals surface area contributed by atoms with Gasteiger partial charge in [0.05, 0.1) is 0 Å². The second-order valence-electron chi connectivity index (χ2n) is 3.84. The molecule has 0 fully saturated rings. The molecule has 0 saturated heterocycles. The number of aromatic nitrogens is 1. The average Bonchev–Trinajstić information content (AvgIpc) is 2.24. The van der Waals surface area contributed by atoms with E-state index in [1.165, 1.54) is 6.07 Å². The van der Waals surface area contributed by atoms with Crippen LogP contribution in [0.25, 0.3) is 0 Å². The van der Waals surface area contributed by atoms with Gasteiger partial charge in [-0.1, -0.05) is 6.07 Å². The third-order valence-electron chi connectivity index (χ3n) is 2.55. The smallest absolute Gasteiger partial charge is 0.123 e. The van der Waals surface area contributed by atoms with E-state index in [0.29, 0.717) is 12.2 Å². The lowest BCUT2D eigenvalue weighted by Crippen LogP contribution is -1.96. The minimum atomic E-state index is -0.206. The van der Waals surface area contributed by atoms with E-state index in [1.807, 2.05) is 19.1 Å². The van der Waals surface area contributed by atoms with Crippen molar-refractivity contribution in [1.29, 1.82) is 0 Å². The van der Waals surface area contributed by atoms with E-state index in [2.05, 4.69) is 4.98 Å². The molecule has 0 aliphatic carbocycles. The van der Waals surface area contributed by atoms with E-state index in [0.717, 1.165) is 16.7 Å². The van der Waals surface area contributed by atoms with Crippen molar-refractivity contribution >= 4 is 5.82 Å². The van der Waals surface area contributed by atoms with Crippen LogP contribution in [0.2, 0.25) is 0 Å². The van der Waals surface area contributed by atoms with Crippen molar-refractivity contribution in [3.05, 3.63) is 59.0 Å². The van der Waals surface area contributed by atoms with Crippen LogP contribution in [0.5, 0.6) is 0 Å². The number of hydrogen-bond acceptors (Lipinski definition) is 2. The molecule has 1 aromatic heterocycles. The first-order valence-electron chi connectivity index (χ1n) is 5.10. The second kappa shape index (κ2) is 4.31. The van der Waals surface area contributed by atoms with Gasteiger partial charge >= 0.3 is 0 Å². The number of hydrogen-bond donors (Lipinski definition) is 1. The number of pyridine rings is 1. The van der Waals surface area contributed by atoms with Gasteiger partial charge < -0.3 is 5.73 Å². The summed E-state index contributed by atoms with van der Waals surface area (Å²) < 4.78 is 13.1. The van der Waals surface area contributed by atoms with Gasteiger partial charge in [0.15, 0.2) is 0 Å². The summed E-state index contributed by atoms with van der Waals surface area (Å²) in [6.07, 6.45) is 2.34. The number of nitrogens with two attached hydrogens (primary N) is 1. The first kappa shape index (κ1) is 10.6. The van der Waals surface area contributed by atoms with Crippen LogP contribution in [0.3, 0.4) is 0 Å². The highest BCUT2D eigenvalue weighted by atomic mass is 19.1. The molecule has 82 valence electrons. The van der Waals surface area contributed by atoms with Gasteiger partial charge in [-0.2, -0.15) is 0 Å². The minimum absolute atomic E-state index is 0.206. The topological polar surface area (TPSA) is 38.9 Å². The quantitative estimate of drug-likeness (QED) is 0.838. The third-order valence-corrected chi connectivity index (χ3v) is 2.55. The van der Waals surface area contributed by atoms with Crippen LogP contribution in [0.1, 0.15) is 16.7 Å². The van der Waals surface area contributed by atoms with Gasteiger partial charge in [-0.05, 0) is 54.3 Å². The van der Waals surface area contributed by atoms with Crippen LogP contribution in [0.15, 0.2) is 36.5 Å². The Morgan fingerprint density at radius 2 is 2.06 bits per heavy atom. The zero-order valence-corrected chi connectivity index (χ0v) is 9.07. The van der Waals surface area contributed by atoms with E-state index < -0.39 is 0 Å². The summed E-state index contributed by atoms with van der Waals surface area (Å²) in [6.45, 7) is 1.97. The van der Waals surface area contributed by atoms with Crippen LogP contribution >= 0.6 is 0 Å². The predicted octanol–water partition coefficient (Wildman–Crippen LogP) is 2.70. The highest BCUT2D eigenvalue weighted by Gasteiger charge is 2.02. The number of nitrogen functional groups attached to an aromatic ring is 1. The first-order valence-corrected chi connectivity index (χ1v) is 5.10. The molecule has 0 atom stereocenters. The molecule has 16 heavy (non-hydrogen) atoms. The molecular weight excluding hydrogens is 203 g/mol. The number of aryl methyl sites for hydroxylation is 1. The molecule has 0 aliphatic heterocycles. The lowest BCUT2D eigenvalue weighted by Gasteiger charge is -2.06. The zero-order valence-electron chi connectivity index (χ0n) is 9.07. The van der Waals surface area contributed by atoms with Gasteiger partial charge in [-0.25, -0.2) is 9.37 Å². The van der Waals surface area contributed by atoms with Crippen LogP contribution < -0.4 is 5.73 Å². The van der Waals surface area contributed by atoms with Gasteiger partial charge in [0.1, 0.15) is 11.6 Å². The van der Waals surface area contributed by atoms with Gasteiger partial charge in [0.25, 0.3) is 0 Å². The maximum Gasteiger partial charge on any atom is 0.123 e. The second-order valence-corrected chi connectivity index (χ2v) is 3.84. The van der Waals surface area contributed by atoms with E-state index in [4.69, 9.17) is 5.73 Å². The number of halogens is 1. The maximum absolute atomic E-state index is 13.1. The monoisotopic (exact) mass is 216 g/mol. The highest BCUT2D eigenvalue weighted by molar-refractivity contribution is 5.37. The third kappa shape index (κ3) is 2.37. The molecule has 0 spiro atoms. The van der Waals surface area contributed by atoms with E-state index >= 15 is 0 Å². The molecule has 2 N–H and O–H groups in total. The summed E-state index contributed by atoms with van der Waals surface area (Å²) in [4.78, 5) is 3.93. The maximum atomic E-state index is 13.1. The lowest BCUT2D eigenvalue weighted by molar-refractivity contribution is 0.625. The van der Waals surface area contributed by atoms with Crippen LogP contribution in [-0.4, -0.2) is 4.98 Å². The molecule has 3 heteroatoms. The Kier molecular flexibility index (Phi) is 2.86. The Morgan fingerprint density at radius 1 is 1.25 bits per heavy atom. The van der Waals surface area contributed by atoms with Gasteiger partial charge in [-0.3, -0.25) is 0 Å². The molecule has 0 bridgehead atoms. The highest BCUT2D eigenvalue weighted by Crippen LogP contribution is 2.15. The van der Waals surface area contributed by atoms with Crippen molar-refractivity contribution < 1.29 is 4.39 Å². The zero-order chi connectivity index (χ0) is 11.5. The fourth-order valence-corrected chi connectivity index (χ4v) is 1.65. The molecule has 2 aromatic rings. The van der Waals surface area contributed by atoms with Gasteiger partial charge in [0, 0.05) is 6.20 Å². The first-order chi connectivity index (χ1) is 7.65. The van der Waals surface area contributed by atoms with Gasteiger partial charge in [-0.15, -0.1) is 0 Å². The molecule has 2 rings (SSSR count). The molecule has 0 amide bonds. The Labute approximate surface area is 93.9 Å². The summed E-state index contributed by atoms with van der Waals surface area (Å²) in [6, 6.07) is 8.52. The van der Waals surface area contributed by atoms with Crippen molar-refractivity contribution in [3.8, 4) is 0 Å². The molecule has 1 aromatic carbocycles. The van der Waals surface area contributed by atoms with Crippen molar-refractivity contribution in [1.82, 2.24) is 4.98 Å².